The summed E-state index contributed by atoms with van der Waals surface area (Å²) in [6.45, 7) is 5.23. The molecule has 1 saturated heterocycles. The molecule has 5 nitrogen and oxygen atoms in total. The minimum absolute atomic E-state index is 0.115. The number of carbonyl (C=O) groups excluding carboxylic acids is 1. The van der Waals surface area contributed by atoms with Gasteiger partial charge in [0.25, 0.3) is 0 Å². The number of rotatable bonds is 3. The largest absolute Gasteiger partial charge is 0.354 e. The summed E-state index contributed by atoms with van der Waals surface area (Å²) in [6.07, 6.45) is 0.791. The highest BCUT2D eigenvalue weighted by atomic mass is 35.5. The number of hydrogen-bond donors (Lipinski definition) is 3. The van der Waals surface area contributed by atoms with E-state index in [4.69, 9.17) is 11.6 Å². The molecular formula is C13H17ClN4O. The Hall–Kier alpha value is -1.75. The summed E-state index contributed by atoms with van der Waals surface area (Å²) < 4.78 is 0. The quantitative estimate of drug-likeness (QED) is 0.794. The molecule has 102 valence electrons. The number of carbonyl (C=O) groups is 1. The van der Waals surface area contributed by atoms with Crippen molar-refractivity contribution in [2.75, 3.05) is 18.4 Å². The van der Waals surface area contributed by atoms with E-state index in [9.17, 15) is 4.79 Å². The summed E-state index contributed by atoms with van der Waals surface area (Å²) in [5.74, 6) is 0.625. The first kappa shape index (κ1) is 13.7. The van der Waals surface area contributed by atoms with Crippen molar-refractivity contribution < 1.29 is 4.79 Å². The first-order chi connectivity index (χ1) is 9.10. The molecular weight excluding hydrogens is 264 g/mol. The van der Waals surface area contributed by atoms with Gasteiger partial charge in [0.15, 0.2) is 5.96 Å². The number of aliphatic imine (C=N–C) groups is 1. The molecule has 0 spiro atoms. The molecule has 1 aliphatic rings. The van der Waals surface area contributed by atoms with Gasteiger partial charge >= 0.3 is 0 Å². The Kier molecular flexibility index (Phi) is 4.27. The normalized spacial score (nSPS) is 13.7. The van der Waals surface area contributed by atoms with E-state index in [2.05, 4.69) is 20.9 Å². The Morgan fingerprint density at radius 1 is 1.42 bits per heavy atom. The summed E-state index contributed by atoms with van der Waals surface area (Å²) in [4.78, 5) is 15.6. The fraction of sp³-hybridized carbons (Fsp3) is 0.385. The molecule has 1 aromatic carbocycles. The van der Waals surface area contributed by atoms with Crippen LogP contribution in [-0.2, 0) is 11.2 Å². The summed E-state index contributed by atoms with van der Waals surface area (Å²) in [6, 6.07) is 3.62. The van der Waals surface area contributed by atoms with E-state index >= 15 is 0 Å². The first-order valence-electron chi connectivity index (χ1n) is 6.26. The summed E-state index contributed by atoms with van der Waals surface area (Å²) >= 11 is 6.26. The highest BCUT2D eigenvalue weighted by Crippen LogP contribution is 2.33. The summed E-state index contributed by atoms with van der Waals surface area (Å²) in [5, 5.41) is 9.55. The number of amides is 1. The van der Waals surface area contributed by atoms with Gasteiger partial charge in [0, 0.05) is 25.7 Å². The Labute approximate surface area is 117 Å². The van der Waals surface area contributed by atoms with Gasteiger partial charge in [-0.25, -0.2) is 4.99 Å². The minimum atomic E-state index is -0.115. The van der Waals surface area contributed by atoms with Crippen molar-refractivity contribution >= 4 is 34.8 Å². The van der Waals surface area contributed by atoms with E-state index in [0.29, 0.717) is 10.7 Å². The monoisotopic (exact) mass is 280 g/mol. The van der Waals surface area contributed by atoms with Crippen LogP contribution in [0.1, 0.15) is 19.4 Å². The van der Waals surface area contributed by atoms with Crippen LogP contribution in [0.5, 0.6) is 0 Å². The molecule has 0 radical (unpaired) electrons. The fourth-order valence-corrected chi connectivity index (χ4v) is 2.22. The third-order valence-electron chi connectivity index (χ3n) is 2.78. The molecule has 1 aliphatic heterocycles. The van der Waals surface area contributed by atoms with Crippen molar-refractivity contribution in [3.8, 4) is 0 Å². The van der Waals surface area contributed by atoms with Crippen LogP contribution in [0, 0.1) is 0 Å². The SMILES string of the molecule is CCc1cc(NC(C)=O)cc(Cl)c1N=C1NCCN1. The molecule has 6 heteroatoms. The fourth-order valence-electron chi connectivity index (χ4n) is 1.94. The van der Waals surface area contributed by atoms with Crippen LogP contribution in [0.3, 0.4) is 0 Å². The molecule has 19 heavy (non-hydrogen) atoms. The van der Waals surface area contributed by atoms with Gasteiger partial charge in [-0.3, -0.25) is 4.79 Å². The molecule has 1 fully saturated rings. The highest BCUT2D eigenvalue weighted by molar-refractivity contribution is 6.33. The number of aryl methyl sites for hydroxylation is 1. The number of nitrogens with one attached hydrogen (secondary N) is 3. The zero-order valence-corrected chi connectivity index (χ0v) is 11.8. The lowest BCUT2D eigenvalue weighted by Gasteiger charge is -2.11. The van der Waals surface area contributed by atoms with Crippen molar-refractivity contribution in [1.29, 1.82) is 0 Å². The second-order valence-electron chi connectivity index (χ2n) is 4.31. The third-order valence-corrected chi connectivity index (χ3v) is 3.07. The Bertz CT molecular complexity index is 520. The predicted molar refractivity (Wildman–Crippen MR) is 78.2 cm³/mol. The van der Waals surface area contributed by atoms with E-state index in [1.54, 1.807) is 6.07 Å². The maximum absolute atomic E-state index is 11.1. The van der Waals surface area contributed by atoms with Crippen LogP contribution in [-0.4, -0.2) is 25.0 Å². The highest BCUT2D eigenvalue weighted by Gasteiger charge is 2.12. The first-order valence-corrected chi connectivity index (χ1v) is 6.64. The molecule has 1 aromatic rings. The van der Waals surface area contributed by atoms with Crippen molar-refractivity contribution in [2.45, 2.75) is 20.3 Å². The van der Waals surface area contributed by atoms with Crippen LogP contribution in [0.25, 0.3) is 0 Å². The standard InChI is InChI=1S/C13H17ClN4O/c1-3-9-6-10(17-8(2)19)7-11(14)12(9)18-13-15-4-5-16-13/h6-7H,3-5H2,1-2H3,(H,17,19)(H2,15,16,18). The molecule has 0 unspecified atom stereocenters. The van der Waals surface area contributed by atoms with E-state index in [1.807, 2.05) is 13.0 Å². The van der Waals surface area contributed by atoms with E-state index in [1.165, 1.54) is 6.92 Å². The molecule has 0 atom stereocenters. The van der Waals surface area contributed by atoms with E-state index in [0.717, 1.165) is 36.7 Å². The summed E-state index contributed by atoms with van der Waals surface area (Å²) in [5.41, 5.74) is 2.44. The van der Waals surface area contributed by atoms with Crippen molar-refractivity contribution in [2.24, 2.45) is 4.99 Å². The van der Waals surface area contributed by atoms with Crippen LogP contribution in [0.15, 0.2) is 17.1 Å². The van der Waals surface area contributed by atoms with Gasteiger partial charge in [-0.15, -0.1) is 0 Å². The van der Waals surface area contributed by atoms with Gasteiger partial charge in [0.1, 0.15) is 0 Å². The molecule has 2 rings (SSSR count). The number of benzene rings is 1. The molecule has 0 bridgehead atoms. The zero-order valence-electron chi connectivity index (χ0n) is 11.0. The van der Waals surface area contributed by atoms with Gasteiger partial charge in [0.05, 0.1) is 10.7 Å². The van der Waals surface area contributed by atoms with Crippen LogP contribution in [0.4, 0.5) is 11.4 Å². The van der Waals surface area contributed by atoms with Crippen molar-refractivity contribution in [3.63, 3.8) is 0 Å². The van der Waals surface area contributed by atoms with Gasteiger partial charge in [-0.1, -0.05) is 18.5 Å². The van der Waals surface area contributed by atoms with Crippen molar-refractivity contribution in [3.05, 3.63) is 22.7 Å². The second kappa shape index (κ2) is 5.93. The maximum atomic E-state index is 11.1. The number of halogens is 1. The molecule has 0 saturated carbocycles. The van der Waals surface area contributed by atoms with Gasteiger partial charge in [-0.05, 0) is 24.1 Å². The molecule has 3 N–H and O–H groups in total. The molecule has 0 aliphatic carbocycles. The van der Waals surface area contributed by atoms with Gasteiger partial charge < -0.3 is 16.0 Å². The maximum Gasteiger partial charge on any atom is 0.221 e. The van der Waals surface area contributed by atoms with E-state index < -0.39 is 0 Å². The smallest absolute Gasteiger partial charge is 0.221 e. The third kappa shape index (κ3) is 3.38. The number of hydrogen-bond acceptors (Lipinski definition) is 2. The molecule has 1 amide bonds. The van der Waals surface area contributed by atoms with Crippen LogP contribution >= 0.6 is 11.6 Å². The lowest BCUT2D eigenvalue weighted by molar-refractivity contribution is -0.114. The van der Waals surface area contributed by atoms with Gasteiger partial charge in [0.2, 0.25) is 5.91 Å². The topological polar surface area (TPSA) is 65.5 Å². The lowest BCUT2D eigenvalue weighted by Crippen LogP contribution is -2.23. The number of nitrogens with zero attached hydrogens (tertiary/aromatic N) is 1. The average Bonchev–Trinajstić information content (AvgIpc) is 2.84. The minimum Gasteiger partial charge on any atom is -0.354 e. The number of anilines is 1. The lowest BCUT2D eigenvalue weighted by atomic mass is 10.1. The summed E-state index contributed by atoms with van der Waals surface area (Å²) in [7, 11) is 0. The van der Waals surface area contributed by atoms with Gasteiger partial charge in [-0.2, -0.15) is 0 Å². The molecule has 1 heterocycles. The van der Waals surface area contributed by atoms with Crippen LogP contribution in [0.2, 0.25) is 5.02 Å². The Morgan fingerprint density at radius 2 is 2.11 bits per heavy atom. The predicted octanol–water partition coefficient (Wildman–Crippen LogP) is 2.04. The Morgan fingerprint density at radius 3 is 2.68 bits per heavy atom. The Balaban J connectivity index is 2.37. The second-order valence-corrected chi connectivity index (χ2v) is 4.72. The van der Waals surface area contributed by atoms with Crippen molar-refractivity contribution in [1.82, 2.24) is 10.6 Å². The average molecular weight is 281 g/mol. The molecule has 0 aromatic heterocycles. The van der Waals surface area contributed by atoms with Crippen LogP contribution < -0.4 is 16.0 Å². The number of guanidine groups is 1. The zero-order chi connectivity index (χ0) is 13.8. The van der Waals surface area contributed by atoms with E-state index in [-0.39, 0.29) is 5.91 Å².